The second kappa shape index (κ2) is 9.99. The van der Waals surface area contributed by atoms with Gasteiger partial charge in [0.25, 0.3) is 0 Å². The lowest BCUT2D eigenvalue weighted by atomic mass is 10.0. The molecule has 3 aromatic rings. The number of rotatable bonds is 7. The predicted octanol–water partition coefficient (Wildman–Crippen LogP) is 5.30. The number of halogens is 3. The zero-order valence-corrected chi connectivity index (χ0v) is 19.7. The van der Waals surface area contributed by atoms with Crippen LogP contribution in [-0.4, -0.2) is 28.0 Å². The average Bonchev–Trinajstić information content (AvgIpc) is 2.80. The van der Waals surface area contributed by atoms with Crippen molar-refractivity contribution in [2.45, 2.75) is 31.3 Å². The molecule has 0 aromatic heterocycles. The van der Waals surface area contributed by atoms with E-state index in [1.807, 2.05) is 0 Å². The minimum absolute atomic E-state index is 0.0198. The Morgan fingerprint density at radius 3 is 2.03 bits per heavy atom. The van der Waals surface area contributed by atoms with E-state index in [4.69, 9.17) is 4.74 Å². The lowest BCUT2D eigenvalue weighted by Gasteiger charge is -2.12. The summed E-state index contributed by atoms with van der Waals surface area (Å²) in [4.78, 5) is 11.9. The van der Waals surface area contributed by atoms with E-state index in [0.29, 0.717) is 23.1 Å². The number of carbonyl (C=O) groups excluding carboxylic acids is 1. The largest absolute Gasteiger partial charge is 0.465 e. The quantitative estimate of drug-likeness (QED) is 0.456. The Balaban J connectivity index is 1.66. The van der Waals surface area contributed by atoms with Gasteiger partial charge in [0, 0.05) is 6.54 Å². The Morgan fingerprint density at radius 2 is 1.50 bits per heavy atom. The lowest BCUT2D eigenvalue weighted by molar-refractivity contribution is -0.137. The van der Waals surface area contributed by atoms with Crippen LogP contribution in [0.5, 0.6) is 0 Å². The molecular weight excluding hydrogens is 467 g/mol. The molecule has 0 heterocycles. The Kier molecular flexibility index (Phi) is 7.48. The molecule has 0 bridgehead atoms. The van der Waals surface area contributed by atoms with Crippen molar-refractivity contribution in [1.82, 2.24) is 4.72 Å². The number of hydrogen-bond acceptors (Lipinski definition) is 4. The molecule has 0 amide bonds. The number of nitrogens with one attached hydrogen (secondary N) is 1. The van der Waals surface area contributed by atoms with E-state index in [9.17, 15) is 26.4 Å². The summed E-state index contributed by atoms with van der Waals surface area (Å²) in [7, 11) is -2.62. The number of benzene rings is 3. The summed E-state index contributed by atoms with van der Waals surface area (Å²) in [5.41, 5.74) is 3.05. The molecule has 0 radical (unpaired) electrons. The zero-order valence-electron chi connectivity index (χ0n) is 18.9. The second-order valence-electron chi connectivity index (χ2n) is 7.82. The van der Waals surface area contributed by atoms with Crippen LogP contribution in [-0.2, 0) is 27.4 Å². The Hall–Kier alpha value is -3.17. The summed E-state index contributed by atoms with van der Waals surface area (Å²) in [5.74, 6) is -0.606. The van der Waals surface area contributed by atoms with Crippen molar-refractivity contribution in [1.29, 1.82) is 0 Å². The smallest absolute Gasteiger partial charge is 0.416 e. The van der Waals surface area contributed by atoms with Gasteiger partial charge in [-0.3, -0.25) is 0 Å². The maximum Gasteiger partial charge on any atom is 0.416 e. The Labute approximate surface area is 196 Å². The van der Waals surface area contributed by atoms with Gasteiger partial charge in [-0.05, 0) is 72.4 Å². The second-order valence-corrected chi connectivity index (χ2v) is 9.59. The van der Waals surface area contributed by atoms with Crippen LogP contribution < -0.4 is 4.72 Å². The highest BCUT2D eigenvalue weighted by atomic mass is 32.2. The number of hydrogen-bond donors (Lipinski definition) is 1. The van der Waals surface area contributed by atoms with Gasteiger partial charge in [-0.2, -0.15) is 13.2 Å². The van der Waals surface area contributed by atoms with Gasteiger partial charge >= 0.3 is 12.1 Å². The van der Waals surface area contributed by atoms with E-state index in [1.54, 1.807) is 38.1 Å². The molecule has 0 aliphatic heterocycles. The molecule has 0 aliphatic rings. The molecule has 5 nitrogen and oxygen atoms in total. The highest BCUT2D eigenvalue weighted by Gasteiger charge is 2.30. The first-order valence-corrected chi connectivity index (χ1v) is 11.9. The summed E-state index contributed by atoms with van der Waals surface area (Å²) in [6.07, 6.45) is -3.98. The summed E-state index contributed by atoms with van der Waals surface area (Å²) >= 11 is 0. The monoisotopic (exact) mass is 491 g/mol. The molecule has 0 spiro atoms. The van der Waals surface area contributed by atoms with Crippen LogP contribution in [0.3, 0.4) is 0 Å². The number of carbonyl (C=O) groups is 1. The summed E-state index contributed by atoms with van der Waals surface area (Å²) in [5, 5.41) is 0. The van der Waals surface area contributed by atoms with Crippen molar-refractivity contribution >= 4 is 16.0 Å². The first-order valence-electron chi connectivity index (χ1n) is 10.4. The number of aryl methyl sites for hydroxylation is 1. The molecule has 0 fully saturated rings. The minimum atomic E-state index is -4.38. The molecule has 180 valence electrons. The first kappa shape index (κ1) is 25.5. The van der Waals surface area contributed by atoms with E-state index in [-0.39, 0.29) is 17.0 Å². The van der Waals surface area contributed by atoms with E-state index < -0.39 is 27.7 Å². The number of alkyl halides is 3. The Bertz CT molecular complexity index is 1280. The highest BCUT2D eigenvalue weighted by molar-refractivity contribution is 7.89. The van der Waals surface area contributed by atoms with Crippen molar-refractivity contribution in [3.8, 4) is 11.1 Å². The van der Waals surface area contributed by atoms with Gasteiger partial charge in [-0.25, -0.2) is 17.9 Å². The van der Waals surface area contributed by atoms with Crippen LogP contribution in [0, 0.1) is 13.8 Å². The summed E-state index contributed by atoms with van der Waals surface area (Å²) in [6, 6.07) is 14.9. The molecule has 3 aromatic carbocycles. The highest BCUT2D eigenvalue weighted by Crippen LogP contribution is 2.31. The van der Waals surface area contributed by atoms with Crippen LogP contribution in [0.4, 0.5) is 13.2 Å². The van der Waals surface area contributed by atoms with E-state index in [1.165, 1.54) is 31.4 Å². The summed E-state index contributed by atoms with van der Waals surface area (Å²) < 4.78 is 70.9. The molecule has 0 atom stereocenters. The maximum absolute atomic E-state index is 12.7. The van der Waals surface area contributed by atoms with Crippen molar-refractivity contribution in [3.63, 3.8) is 0 Å². The third-order valence-electron chi connectivity index (χ3n) is 5.56. The van der Waals surface area contributed by atoms with Gasteiger partial charge in [0.1, 0.15) is 0 Å². The van der Waals surface area contributed by atoms with Crippen LogP contribution in [0.2, 0.25) is 0 Å². The van der Waals surface area contributed by atoms with Gasteiger partial charge in [0.05, 0.1) is 23.1 Å². The van der Waals surface area contributed by atoms with E-state index >= 15 is 0 Å². The normalized spacial score (nSPS) is 11.9. The minimum Gasteiger partial charge on any atom is -0.465 e. The SMILES string of the molecule is COC(=O)c1cc(S(=O)(=O)NCCc2ccc(-c3ccc(C(F)(F)F)cc3)cc2)cc(C)c1C. The molecule has 3 rings (SSSR count). The van der Waals surface area contributed by atoms with Gasteiger partial charge in [0.15, 0.2) is 0 Å². The van der Waals surface area contributed by atoms with Crippen LogP contribution in [0.1, 0.15) is 32.6 Å². The molecule has 0 saturated heterocycles. The number of ether oxygens (including phenoxy) is 1. The number of sulfonamides is 1. The van der Waals surface area contributed by atoms with E-state index in [0.717, 1.165) is 23.3 Å². The van der Waals surface area contributed by atoms with E-state index in [2.05, 4.69) is 4.72 Å². The van der Waals surface area contributed by atoms with Gasteiger partial charge < -0.3 is 4.74 Å². The third kappa shape index (κ3) is 5.84. The number of methoxy groups -OCH3 is 1. The fourth-order valence-corrected chi connectivity index (χ4v) is 4.57. The fourth-order valence-electron chi connectivity index (χ4n) is 3.43. The zero-order chi connectivity index (χ0) is 25.1. The average molecular weight is 492 g/mol. The number of esters is 1. The Morgan fingerprint density at radius 1 is 0.941 bits per heavy atom. The van der Waals surface area contributed by atoms with Crippen molar-refractivity contribution < 1.29 is 31.1 Å². The predicted molar refractivity (Wildman–Crippen MR) is 123 cm³/mol. The van der Waals surface area contributed by atoms with Gasteiger partial charge in [0.2, 0.25) is 10.0 Å². The van der Waals surface area contributed by atoms with Crippen LogP contribution in [0.25, 0.3) is 11.1 Å². The first-order chi connectivity index (χ1) is 15.9. The molecule has 0 unspecified atom stereocenters. The molecule has 1 N–H and O–H groups in total. The van der Waals surface area contributed by atoms with Gasteiger partial charge in [-0.1, -0.05) is 36.4 Å². The topological polar surface area (TPSA) is 72.5 Å². The molecule has 9 heteroatoms. The molecular formula is C25H24F3NO4S. The van der Waals surface area contributed by atoms with Crippen molar-refractivity contribution in [2.75, 3.05) is 13.7 Å². The fraction of sp³-hybridized carbons (Fsp3) is 0.240. The molecule has 0 saturated carbocycles. The molecule has 34 heavy (non-hydrogen) atoms. The lowest BCUT2D eigenvalue weighted by Crippen LogP contribution is -2.26. The third-order valence-corrected chi connectivity index (χ3v) is 7.00. The van der Waals surface area contributed by atoms with Crippen LogP contribution in [0.15, 0.2) is 65.6 Å². The summed E-state index contributed by atoms with van der Waals surface area (Å²) in [6.45, 7) is 3.57. The molecule has 0 aliphatic carbocycles. The van der Waals surface area contributed by atoms with Gasteiger partial charge in [-0.15, -0.1) is 0 Å². The maximum atomic E-state index is 12.7. The van der Waals surface area contributed by atoms with Crippen molar-refractivity contribution in [2.24, 2.45) is 0 Å². The van der Waals surface area contributed by atoms with Crippen LogP contribution >= 0.6 is 0 Å². The van der Waals surface area contributed by atoms with Crippen molar-refractivity contribution in [3.05, 3.63) is 88.5 Å². The standard InChI is InChI=1S/C25H24F3NO4S/c1-16-14-22(15-23(17(16)2)24(30)33-3)34(31,32)29-13-12-18-4-6-19(7-5-18)20-8-10-21(11-9-20)25(26,27)28/h4-11,14-15,29H,12-13H2,1-3H3.